The van der Waals surface area contributed by atoms with Crippen molar-refractivity contribution in [3.05, 3.63) is 126 Å². The number of rotatable bonds is 6. The lowest BCUT2D eigenvalue weighted by atomic mass is 9.83. The third kappa shape index (κ3) is 5.16. The minimum absolute atomic E-state index is 0.162. The van der Waals surface area contributed by atoms with E-state index in [0.29, 0.717) is 15.6 Å². The number of non-ortho nitro benzene ring substituents is 1. The second kappa shape index (κ2) is 11.4. The number of anilines is 2. The van der Waals surface area contributed by atoms with Gasteiger partial charge in [0.25, 0.3) is 5.69 Å². The summed E-state index contributed by atoms with van der Waals surface area (Å²) in [6.07, 6.45) is 0. The zero-order chi connectivity index (χ0) is 31.4. The van der Waals surface area contributed by atoms with Crippen LogP contribution in [0.3, 0.4) is 0 Å². The number of benzene rings is 4. The van der Waals surface area contributed by atoms with Gasteiger partial charge in [-0.05, 0) is 52.7 Å². The fourth-order valence-electron chi connectivity index (χ4n) is 5.87. The van der Waals surface area contributed by atoms with E-state index in [-0.39, 0.29) is 22.8 Å². The first-order valence-corrected chi connectivity index (χ1v) is 16.2. The number of thioether (sulfide) groups is 1. The predicted molar refractivity (Wildman–Crippen MR) is 176 cm³/mol. The summed E-state index contributed by atoms with van der Waals surface area (Å²) in [7, 11) is 0. The van der Waals surface area contributed by atoms with E-state index >= 15 is 0 Å². The van der Waals surface area contributed by atoms with Gasteiger partial charge < -0.3 is 5.32 Å². The molecule has 3 amide bonds. The summed E-state index contributed by atoms with van der Waals surface area (Å²) in [5.74, 6) is -2.79. The summed E-state index contributed by atoms with van der Waals surface area (Å²) in [5, 5.41) is 15.6. The quantitative estimate of drug-likeness (QED) is 0.127. The van der Waals surface area contributed by atoms with Crippen LogP contribution in [0.15, 0.2) is 105 Å². The number of carbonyl (C=O) groups excluding carboxylic acids is 3. The van der Waals surface area contributed by atoms with E-state index in [1.807, 2.05) is 60.7 Å². The molecule has 224 valence electrons. The lowest BCUT2D eigenvalue weighted by molar-refractivity contribution is -0.384. The first-order chi connectivity index (χ1) is 21.7. The molecule has 3 heterocycles. The number of nitrogens with zero attached hydrogens (tertiary/aromatic N) is 3. The lowest BCUT2D eigenvalue weighted by Gasteiger charge is -2.30. The highest BCUT2D eigenvalue weighted by Gasteiger charge is 2.56. The number of hydrogen-bond acceptors (Lipinski definition) is 8. The number of thiazole rings is 1. The molecule has 1 saturated heterocycles. The van der Waals surface area contributed by atoms with E-state index < -0.39 is 39.7 Å². The van der Waals surface area contributed by atoms with Gasteiger partial charge in [0.2, 0.25) is 17.7 Å². The van der Waals surface area contributed by atoms with Crippen LogP contribution >= 0.6 is 39.0 Å². The molecule has 2 unspecified atom stereocenters. The van der Waals surface area contributed by atoms with Crippen molar-refractivity contribution in [1.29, 1.82) is 0 Å². The molecule has 0 aliphatic carbocycles. The Labute approximate surface area is 271 Å². The summed E-state index contributed by atoms with van der Waals surface area (Å²) >= 11 is 5.52. The Hall–Kier alpha value is -4.59. The van der Waals surface area contributed by atoms with Crippen LogP contribution in [0, 0.1) is 16.0 Å². The van der Waals surface area contributed by atoms with Gasteiger partial charge in [-0.1, -0.05) is 81.5 Å². The average Bonchev–Trinajstić information content (AvgIpc) is 3.47. The second-order valence-electron chi connectivity index (χ2n) is 10.6. The SMILES string of the molecule is O=C(Cn1c2c(sc1=O)[C@H](c1ccc(Br)cc1)C1C(=O)N(c3ccc([N+](=O)[O-])cc3)C(=O)C1S2)Nc1ccc2ccccc2c1. The standard InChI is InChI=1S/C32H21BrN4O6S2/c33-20-8-5-18(6-9-20)25-26-27(30(40)36(29(26)39)22-11-13-23(14-12-22)37(42)43)44-31-28(25)45-32(41)35(31)16-24(38)34-21-10-7-17-3-1-2-4-19(17)15-21/h1-15,25-27H,16H2,(H,34,38)/t25-,26?,27?/m1/s1. The number of imide groups is 1. The van der Waals surface area contributed by atoms with Gasteiger partial charge >= 0.3 is 4.87 Å². The number of nitro groups is 1. The van der Waals surface area contributed by atoms with E-state index in [1.54, 1.807) is 6.07 Å². The van der Waals surface area contributed by atoms with Gasteiger partial charge in [-0.15, -0.1) is 0 Å². The van der Waals surface area contributed by atoms with Crippen molar-refractivity contribution >= 4 is 84.6 Å². The number of nitrogens with one attached hydrogen (secondary N) is 1. The minimum Gasteiger partial charge on any atom is -0.325 e. The highest BCUT2D eigenvalue weighted by Crippen LogP contribution is 2.54. The minimum atomic E-state index is -0.877. The number of nitro benzene ring substituents is 1. The van der Waals surface area contributed by atoms with E-state index in [9.17, 15) is 29.3 Å². The molecule has 1 fully saturated rings. The Balaban J connectivity index is 1.25. The molecule has 2 aliphatic heterocycles. The fraction of sp³-hybridized carbons (Fsp3) is 0.125. The Morgan fingerprint density at radius 1 is 0.911 bits per heavy atom. The van der Waals surface area contributed by atoms with Crippen LogP contribution in [0.25, 0.3) is 10.8 Å². The second-order valence-corrected chi connectivity index (χ2v) is 13.7. The smallest absolute Gasteiger partial charge is 0.308 e. The molecule has 2 aliphatic rings. The summed E-state index contributed by atoms with van der Waals surface area (Å²) in [4.78, 5) is 66.5. The number of amides is 3. The molecular weight excluding hydrogens is 680 g/mol. The van der Waals surface area contributed by atoms with Crippen molar-refractivity contribution < 1.29 is 19.3 Å². The molecule has 10 nitrogen and oxygen atoms in total. The zero-order valence-corrected chi connectivity index (χ0v) is 26.3. The summed E-state index contributed by atoms with van der Waals surface area (Å²) in [5.41, 5.74) is 1.41. The fourth-order valence-corrected chi connectivity index (χ4v) is 8.91. The van der Waals surface area contributed by atoms with Gasteiger partial charge in [-0.25, -0.2) is 4.90 Å². The molecule has 0 saturated carbocycles. The molecule has 1 N–H and O–H groups in total. The lowest BCUT2D eigenvalue weighted by Crippen LogP contribution is -2.33. The Kier molecular flexibility index (Phi) is 7.38. The van der Waals surface area contributed by atoms with Gasteiger partial charge in [0.15, 0.2) is 0 Å². The third-order valence-electron chi connectivity index (χ3n) is 7.93. The first-order valence-electron chi connectivity index (χ1n) is 13.8. The van der Waals surface area contributed by atoms with Gasteiger partial charge in [-0.3, -0.25) is 33.9 Å². The van der Waals surface area contributed by atoms with E-state index in [4.69, 9.17) is 0 Å². The third-order valence-corrected chi connectivity index (χ3v) is 11.1. The number of carbonyl (C=O) groups is 3. The van der Waals surface area contributed by atoms with Gasteiger partial charge in [0, 0.05) is 33.1 Å². The zero-order valence-electron chi connectivity index (χ0n) is 23.1. The topological polar surface area (TPSA) is 132 Å². The molecule has 0 radical (unpaired) electrons. The summed E-state index contributed by atoms with van der Waals surface area (Å²) < 4.78 is 2.20. The number of halogens is 1. The van der Waals surface area contributed by atoms with Crippen LogP contribution < -0.4 is 15.1 Å². The van der Waals surface area contributed by atoms with Gasteiger partial charge in [0.1, 0.15) is 11.8 Å². The average molecular weight is 702 g/mol. The maximum atomic E-state index is 14.0. The number of fused-ring (bicyclic) bond motifs is 3. The Bertz CT molecular complexity index is 2090. The number of aromatic nitrogens is 1. The van der Waals surface area contributed by atoms with Crippen molar-refractivity contribution in [2.45, 2.75) is 22.7 Å². The van der Waals surface area contributed by atoms with Crippen molar-refractivity contribution in [2.24, 2.45) is 5.92 Å². The van der Waals surface area contributed by atoms with Crippen LogP contribution in [0.2, 0.25) is 0 Å². The van der Waals surface area contributed by atoms with Gasteiger partial charge in [-0.2, -0.15) is 0 Å². The van der Waals surface area contributed by atoms with Crippen molar-refractivity contribution in [3.8, 4) is 0 Å². The Morgan fingerprint density at radius 2 is 1.62 bits per heavy atom. The molecule has 13 heteroatoms. The first kappa shape index (κ1) is 29.1. The van der Waals surface area contributed by atoms with Gasteiger partial charge in [0.05, 0.1) is 21.6 Å². The van der Waals surface area contributed by atoms with Crippen molar-refractivity contribution in [3.63, 3.8) is 0 Å². The van der Waals surface area contributed by atoms with E-state index in [0.717, 1.165) is 48.8 Å². The predicted octanol–water partition coefficient (Wildman–Crippen LogP) is 6.17. The maximum Gasteiger partial charge on any atom is 0.308 e. The molecule has 3 atom stereocenters. The monoisotopic (exact) mass is 700 g/mol. The van der Waals surface area contributed by atoms with E-state index in [2.05, 4.69) is 21.2 Å². The summed E-state index contributed by atoms with van der Waals surface area (Å²) in [6.45, 7) is -0.275. The van der Waals surface area contributed by atoms with Crippen molar-refractivity contribution in [1.82, 2.24) is 4.57 Å². The molecule has 7 rings (SSSR count). The van der Waals surface area contributed by atoms with Crippen LogP contribution in [-0.2, 0) is 20.9 Å². The molecule has 5 aromatic rings. The molecular formula is C32H21BrN4O6S2. The van der Waals surface area contributed by atoms with Crippen LogP contribution in [0.1, 0.15) is 16.4 Å². The maximum absolute atomic E-state index is 14.0. The Morgan fingerprint density at radius 3 is 2.33 bits per heavy atom. The van der Waals surface area contributed by atoms with Crippen LogP contribution in [-0.4, -0.2) is 32.5 Å². The molecule has 0 bridgehead atoms. The highest BCUT2D eigenvalue weighted by atomic mass is 79.9. The molecule has 1 aromatic heterocycles. The van der Waals surface area contributed by atoms with Crippen LogP contribution in [0.4, 0.5) is 17.1 Å². The van der Waals surface area contributed by atoms with E-state index in [1.165, 1.54) is 28.8 Å². The largest absolute Gasteiger partial charge is 0.325 e. The molecule has 45 heavy (non-hydrogen) atoms. The summed E-state index contributed by atoms with van der Waals surface area (Å²) in [6, 6.07) is 25.9. The highest BCUT2D eigenvalue weighted by molar-refractivity contribution is 9.10. The normalized spacial score (nSPS) is 19.0. The molecule has 0 spiro atoms. The number of hydrogen-bond donors (Lipinski definition) is 1. The van der Waals surface area contributed by atoms with Crippen molar-refractivity contribution in [2.75, 3.05) is 10.2 Å². The van der Waals surface area contributed by atoms with Crippen LogP contribution in [0.5, 0.6) is 0 Å². The molecule has 4 aromatic carbocycles.